The lowest BCUT2D eigenvalue weighted by atomic mass is 9.67. The minimum Gasteiger partial charge on any atom is -0.308 e. The van der Waals surface area contributed by atoms with Gasteiger partial charge in [0.1, 0.15) is 0 Å². The Balaban J connectivity index is 1.12. The van der Waals surface area contributed by atoms with Gasteiger partial charge in [0, 0.05) is 32.4 Å². The highest BCUT2D eigenvalue weighted by molar-refractivity contribution is 6.31. The SMILES string of the molecule is CC(C)(C)c1cc(C(C)(C)C)c2c3c4c(c(C#N)cc3n3c5cc(C#N)c6c(c5c1c23)-c1cc2c(cc1C6(C)C)C1CC3CC(CC2C3)C1)C(C)(C)c1cc2c(cc1-4)C1CC3CC(C1)CC2C3. The molecule has 4 saturated carbocycles. The fourth-order valence-corrected chi connectivity index (χ4v) is 18.3. The van der Waals surface area contributed by atoms with Crippen molar-refractivity contribution >= 4 is 38.1 Å². The van der Waals surface area contributed by atoms with E-state index in [2.05, 4.69) is 128 Å². The highest BCUT2D eigenvalue weighted by atomic mass is 14.9. The van der Waals surface area contributed by atoms with E-state index in [1.54, 1.807) is 22.3 Å². The van der Waals surface area contributed by atoms with Gasteiger partial charge in [-0.15, -0.1) is 0 Å². The maximum absolute atomic E-state index is 11.4. The molecule has 8 bridgehead atoms. The summed E-state index contributed by atoms with van der Waals surface area (Å²) in [6.45, 7) is 24.1. The standard InChI is InChI=1S/C64H65N3/c1-61(2,3)48-27-49(62(4,5)6)55-57-51(22-39(29-66)59-53(57)45-24-41-35-15-32-12-33(16-35)20-37(19-32)43(41)26-47(45)64(59,9)10)67-50-21-38(28-65)58-52(56(50)54(48)60(55)67)44-23-40-34-13-30-11-31(14-34)18-36(17-30)42(40)25-46(44)63(58,7)8/h21-27,30-37H,11-20H2,1-10H3. The van der Waals surface area contributed by atoms with Crippen LogP contribution < -0.4 is 0 Å². The number of nitrogens with zero attached hydrogens (tertiary/aromatic N) is 3. The normalized spacial score (nSPS) is 28.7. The van der Waals surface area contributed by atoms with Crippen LogP contribution in [0.1, 0.15) is 224 Å². The first-order valence-corrected chi connectivity index (χ1v) is 26.5. The summed E-state index contributed by atoms with van der Waals surface area (Å²) >= 11 is 0. The minimum atomic E-state index is -0.324. The summed E-state index contributed by atoms with van der Waals surface area (Å²) in [6, 6.07) is 23.5. The van der Waals surface area contributed by atoms with Gasteiger partial charge in [-0.3, -0.25) is 0 Å². The Hall–Kier alpha value is -5.12. The van der Waals surface area contributed by atoms with Crippen molar-refractivity contribution in [1.29, 1.82) is 10.5 Å². The number of hydrogen-bond acceptors (Lipinski definition) is 2. The Morgan fingerprint density at radius 2 is 0.806 bits per heavy atom. The Bertz CT molecular complexity index is 3320. The molecule has 0 saturated heterocycles. The Morgan fingerprint density at radius 1 is 0.463 bits per heavy atom. The molecule has 2 aromatic heterocycles. The maximum atomic E-state index is 11.4. The average molecular weight is 876 g/mol. The van der Waals surface area contributed by atoms with Gasteiger partial charge in [-0.1, -0.05) is 99.6 Å². The number of nitriles is 2. The predicted octanol–water partition coefficient (Wildman–Crippen LogP) is 16.6. The van der Waals surface area contributed by atoms with Gasteiger partial charge in [0.2, 0.25) is 0 Å². The van der Waals surface area contributed by atoms with Crippen LogP contribution in [-0.4, -0.2) is 4.40 Å². The maximum Gasteiger partial charge on any atom is 0.0995 e. The van der Waals surface area contributed by atoms with Crippen LogP contribution in [0.3, 0.4) is 0 Å². The average Bonchev–Trinajstić information content (AvgIpc) is 3.85. The topological polar surface area (TPSA) is 52.0 Å². The molecule has 0 aliphatic heterocycles. The fourth-order valence-electron chi connectivity index (χ4n) is 18.3. The number of aromatic nitrogens is 1. The molecule has 336 valence electrons. The zero-order chi connectivity index (χ0) is 45.9. The summed E-state index contributed by atoms with van der Waals surface area (Å²) in [6.07, 6.45) is 13.6. The second-order valence-corrected chi connectivity index (χ2v) is 27.2. The summed E-state index contributed by atoms with van der Waals surface area (Å²) in [7, 11) is 0. The van der Waals surface area contributed by atoms with E-state index in [1.807, 2.05) is 0 Å². The van der Waals surface area contributed by atoms with Gasteiger partial charge in [-0.05, 0) is 212 Å². The van der Waals surface area contributed by atoms with Crippen LogP contribution in [0.2, 0.25) is 0 Å². The molecule has 0 N–H and O–H groups in total. The van der Waals surface area contributed by atoms with Crippen LogP contribution in [-0.2, 0) is 21.7 Å². The van der Waals surface area contributed by atoms with Crippen molar-refractivity contribution in [2.45, 2.75) is 179 Å². The number of benzene rings is 5. The molecule has 3 heteroatoms. The van der Waals surface area contributed by atoms with E-state index >= 15 is 0 Å². The fraction of sp³-hybridized carbons (Fsp3) is 0.500. The first kappa shape index (κ1) is 39.8. The van der Waals surface area contributed by atoms with E-state index in [4.69, 9.17) is 0 Å². The van der Waals surface area contributed by atoms with Crippen molar-refractivity contribution in [3.05, 3.63) is 109 Å². The molecular formula is C64H65N3. The summed E-state index contributed by atoms with van der Waals surface area (Å²) in [5.41, 5.74) is 24.0. The Morgan fingerprint density at radius 3 is 1.13 bits per heavy atom. The minimum absolute atomic E-state index is 0.166. The molecule has 10 aliphatic rings. The number of rotatable bonds is 0. The van der Waals surface area contributed by atoms with Crippen LogP contribution in [0.5, 0.6) is 0 Å². The zero-order valence-corrected chi connectivity index (χ0v) is 41.6. The van der Waals surface area contributed by atoms with E-state index in [1.165, 1.54) is 147 Å². The molecule has 4 fully saturated rings. The molecule has 0 spiro atoms. The van der Waals surface area contributed by atoms with E-state index in [0.29, 0.717) is 23.7 Å². The van der Waals surface area contributed by atoms with Crippen LogP contribution in [0.15, 0.2) is 42.5 Å². The smallest absolute Gasteiger partial charge is 0.0995 e. The van der Waals surface area contributed by atoms with Crippen molar-refractivity contribution in [3.8, 4) is 34.4 Å². The van der Waals surface area contributed by atoms with Gasteiger partial charge < -0.3 is 4.40 Å². The lowest BCUT2D eigenvalue weighted by molar-refractivity contribution is 0.165. The highest BCUT2D eigenvalue weighted by Crippen LogP contribution is 2.65. The molecule has 4 atom stereocenters. The first-order chi connectivity index (χ1) is 31.8. The molecule has 4 unspecified atom stereocenters. The molecule has 3 nitrogen and oxygen atoms in total. The molecule has 10 aliphatic carbocycles. The van der Waals surface area contributed by atoms with Gasteiger partial charge in [-0.2, -0.15) is 10.5 Å². The van der Waals surface area contributed by atoms with E-state index < -0.39 is 0 Å². The monoisotopic (exact) mass is 876 g/mol. The summed E-state index contributed by atoms with van der Waals surface area (Å²) in [5, 5.41) is 28.2. The van der Waals surface area contributed by atoms with Crippen LogP contribution >= 0.6 is 0 Å². The molecule has 2 heterocycles. The van der Waals surface area contributed by atoms with Crippen molar-refractivity contribution in [2.75, 3.05) is 0 Å². The van der Waals surface area contributed by atoms with Gasteiger partial charge in [0.05, 0.1) is 39.8 Å². The van der Waals surface area contributed by atoms with E-state index in [0.717, 1.165) is 45.8 Å². The van der Waals surface area contributed by atoms with Crippen molar-refractivity contribution in [3.63, 3.8) is 0 Å². The largest absolute Gasteiger partial charge is 0.308 e. The molecule has 0 amide bonds. The van der Waals surface area contributed by atoms with Gasteiger partial charge in [0.25, 0.3) is 0 Å². The van der Waals surface area contributed by atoms with Crippen molar-refractivity contribution < 1.29 is 0 Å². The molecule has 67 heavy (non-hydrogen) atoms. The molecule has 0 radical (unpaired) electrons. The van der Waals surface area contributed by atoms with Gasteiger partial charge >= 0.3 is 0 Å². The van der Waals surface area contributed by atoms with E-state index in [-0.39, 0.29) is 21.7 Å². The Labute approximate surface area is 397 Å². The van der Waals surface area contributed by atoms with E-state index in [9.17, 15) is 10.5 Å². The molecule has 17 rings (SSSR count). The van der Waals surface area contributed by atoms with Crippen LogP contribution in [0.4, 0.5) is 0 Å². The predicted molar refractivity (Wildman–Crippen MR) is 274 cm³/mol. The number of hydrogen-bond donors (Lipinski definition) is 0. The Kier molecular flexibility index (Phi) is 7.24. The molecular weight excluding hydrogens is 811 g/mol. The van der Waals surface area contributed by atoms with Gasteiger partial charge in [0.15, 0.2) is 0 Å². The molecule has 7 aromatic rings. The van der Waals surface area contributed by atoms with Gasteiger partial charge in [-0.25, -0.2) is 0 Å². The third kappa shape index (κ3) is 4.75. The lowest BCUT2D eigenvalue weighted by Gasteiger charge is -2.38. The van der Waals surface area contributed by atoms with Crippen LogP contribution in [0.25, 0.3) is 60.3 Å². The second-order valence-electron chi connectivity index (χ2n) is 27.2. The highest BCUT2D eigenvalue weighted by Gasteiger charge is 2.49. The first-order valence-electron chi connectivity index (χ1n) is 26.5. The van der Waals surface area contributed by atoms with Crippen molar-refractivity contribution in [2.24, 2.45) is 23.7 Å². The lowest BCUT2D eigenvalue weighted by Crippen LogP contribution is -2.25. The summed E-state index contributed by atoms with van der Waals surface area (Å²) < 4.78 is 2.58. The quantitative estimate of drug-likeness (QED) is 0.152. The second kappa shape index (κ2) is 12.2. The number of fused-ring (bicyclic) bond motifs is 14. The zero-order valence-electron chi connectivity index (χ0n) is 41.6. The third-order valence-corrected chi connectivity index (χ3v) is 20.6. The molecule has 5 aromatic carbocycles. The van der Waals surface area contributed by atoms with Crippen LogP contribution in [0, 0.1) is 46.3 Å². The summed E-state index contributed by atoms with van der Waals surface area (Å²) in [5.74, 6) is 6.03. The third-order valence-electron chi connectivity index (χ3n) is 20.6. The van der Waals surface area contributed by atoms with Crippen molar-refractivity contribution in [1.82, 2.24) is 4.40 Å². The summed E-state index contributed by atoms with van der Waals surface area (Å²) in [4.78, 5) is 0.